The number of hydrogen-bond acceptors (Lipinski definition) is 3. The average molecular weight is 252 g/mol. The first kappa shape index (κ1) is 12.9. The Morgan fingerprint density at radius 3 is 2.28 bits per heavy atom. The van der Waals surface area contributed by atoms with E-state index in [1.165, 1.54) is 51.4 Å². The summed E-state index contributed by atoms with van der Waals surface area (Å²) in [5, 5.41) is 0. The highest BCUT2D eigenvalue weighted by Crippen LogP contribution is 2.31. The predicted octanol–water partition coefficient (Wildman–Crippen LogP) is 2.15. The van der Waals surface area contributed by atoms with Gasteiger partial charge in [-0.25, -0.2) is 0 Å². The first-order valence-corrected chi connectivity index (χ1v) is 7.94. The molecule has 2 bridgehead atoms. The first-order chi connectivity index (χ1) is 8.85. The maximum absolute atomic E-state index is 6.05. The molecule has 3 fully saturated rings. The van der Waals surface area contributed by atoms with Crippen molar-refractivity contribution in [2.45, 2.75) is 69.6 Å². The Morgan fingerprint density at radius 1 is 1.00 bits per heavy atom. The van der Waals surface area contributed by atoms with E-state index in [4.69, 9.17) is 10.5 Å². The molecule has 0 spiro atoms. The Balaban J connectivity index is 1.54. The van der Waals surface area contributed by atoms with Crippen LogP contribution < -0.4 is 5.73 Å². The van der Waals surface area contributed by atoms with Gasteiger partial charge in [-0.05, 0) is 25.2 Å². The van der Waals surface area contributed by atoms with E-state index in [2.05, 4.69) is 4.90 Å². The van der Waals surface area contributed by atoms with Gasteiger partial charge in [-0.15, -0.1) is 0 Å². The summed E-state index contributed by atoms with van der Waals surface area (Å²) in [6.45, 7) is 3.09. The minimum atomic E-state index is 0.504. The molecule has 0 radical (unpaired) electrons. The Labute approximate surface area is 111 Å². The van der Waals surface area contributed by atoms with Crippen molar-refractivity contribution in [2.75, 3.05) is 19.6 Å². The normalized spacial score (nSPS) is 35.8. The monoisotopic (exact) mass is 252 g/mol. The van der Waals surface area contributed by atoms with Crippen molar-refractivity contribution in [3.05, 3.63) is 0 Å². The van der Waals surface area contributed by atoms with Crippen LogP contribution in [0.5, 0.6) is 0 Å². The fourth-order valence-electron chi connectivity index (χ4n) is 4.15. The molecule has 18 heavy (non-hydrogen) atoms. The van der Waals surface area contributed by atoms with Gasteiger partial charge in [0.25, 0.3) is 0 Å². The lowest BCUT2D eigenvalue weighted by Crippen LogP contribution is -2.51. The zero-order chi connectivity index (χ0) is 12.4. The van der Waals surface area contributed by atoms with Crippen molar-refractivity contribution in [1.82, 2.24) is 4.90 Å². The Morgan fingerprint density at radius 2 is 1.67 bits per heavy atom. The molecule has 3 heteroatoms. The largest absolute Gasteiger partial charge is 0.372 e. The third kappa shape index (κ3) is 2.89. The second-order valence-electron chi connectivity index (χ2n) is 6.54. The molecule has 0 aromatic rings. The van der Waals surface area contributed by atoms with E-state index in [-0.39, 0.29) is 0 Å². The van der Waals surface area contributed by atoms with Gasteiger partial charge in [0.1, 0.15) is 0 Å². The van der Waals surface area contributed by atoms with E-state index in [1.807, 2.05) is 0 Å². The van der Waals surface area contributed by atoms with Crippen LogP contribution in [-0.4, -0.2) is 42.8 Å². The number of likely N-dealkylation sites (tertiary alicyclic amines) is 1. The molecule has 104 valence electrons. The zero-order valence-corrected chi connectivity index (χ0v) is 11.5. The molecule has 1 saturated carbocycles. The van der Waals surface area contributed by atoms with E-state index in [1.54, 1.807) is 0 Å². The van der Waals surface area contributed by atoms with Gasteiger partial charge in [0, 0.05) is 25.7 Å². The molecule has 3 nitrogen and oxygen atoms in total. The lowest BCUT2D eigenvalue weighted by molar-refractivity contribution is -0.0548. The van der Waals surface area contributed by atoms with Gasteiger partial charge in [-0.1, -0.05) is 32.1 Å². The molecule has 0 amide bonds. The minimum absolute atomic E-state index is 0.504. The van der Waals surface area contributed by atoms with Gasteiger partial charge in [-0.2, -0.15) is 0 Å². The summed E-state index contributed by atoms with van der Waals surface area (Å²) < 4.78 is 5.93. The molecule has 2 aliphatic heterocycles. The second kappa shape index (κ2) is 5.89. The van der Waals surface area contributed by atoms with Gasteiger partial charge >= 0.3 is 0 Å². The van der Waals surface area contributed by atoms with Crippen LogP contribution in [0.4, 0.5) is 0 Å². The van der Waals surface area contributed by atoms with E-state index >= 15 is 0 Å². The third-order valence-corrected chi connectivity index (χ3v) is 5.19. The Bertz CT molecular complexity index is 253. The molecule has 3 atom stereocenters. The van der Waals surface area contributed by atoms with Crippen molar-refractivity contribution in [1.29, 1.82) is 0 Å². The smallest absolute Gasteiger partial charge is 0.0707 e. The van der Waals surface area contributed by atoms with E-state index in [0.717, 1.165) is 25.6 Å². The third-order valence-electron chi connectivity index (χ3n) is 5.19. The van der Waals surface area contributed by atoms with Gasteiger partial charge < -0.3 is 10.5 Å². The highest BCUT2D eigenvalue weighted by molar-refractivity contribution is 4.89. The number of morpholine rings is 1. The molecule has 2 saturated heterocycles. The molecule has 3 aliphatic rings. The fraction of sp³-hybridized carbons (Fsp3) is 1.00. The van der Waals surface area contributed by atoms with E-state index in [9.17, 15) is 0 Å². The maximum atomic E-state index is 6.05. The predicted molar refractivity (Wildman–Crippen MR) is 73.5 cm³/mol. The van der Waals surface area contributed by atoms with Gasteiger partial charge in [0.15, 0.2) is 0 Å². The Hall–Kier alpha value is -0.120. The standard InChI is InChI=1S/C15H28N2O/c16-9-13(8-12-4-2-1-3-5-12)17-10-14-6-7-15(11-17)18-14/h12-15H,1-11,16H2. The molecule has 0 aromatic carbocycles. The van der Waals surface area contributed by atoms with Crippen LogP contribution in [0.15, 0.2) is 0 Å². The van der Waals surface area contributed by atoms with Crippen molar-refractivity contribution in [3.8, 4) is 0 Å². The summed E-state index contributed by atoms with van der Waals surface area (Å²) in [6, 6.07) is 0.611. The van der Waals surface area contributed by atoms with Crippen molar-refractivity contribution in [2.24, 2.45) is 11.7 Å². The molecule has 1 aliphatic carbocycles. The zero-order valence-electron chi connectivity index (χ0n) is 11.5. The number of hydrogen-bond donors (Lipinski definition) is 1. The summed E-state index contributed by atoms with van der Waals surface area (Å²) in [5.41, 5.74) is 6.05. The molecule has 2 N–H and O–H groups in total. The number of nitrogens with zero attached hydrogens (tertiary/aromatic N) is 1. The summed E-state index contributed by atoms with van der Waals surface area (Å²) in [6.07, 6.45) is 12.1. The lowest BCUT2D eigenvalue weighted by atomic mass is 9.84. The highest BCUT2D eigenvalue weighted by atomic mass is 16.5. The van der Waals surface area contributed by atoms with Crippen LogP contribution in [-0.2, 0) is 4.74 Å². The second-order valence-corrected chi connectivity index (χ2v) is 6.54. The Kier molecular flexibility index (Phi) is 4.22. The number of ether oxygens (including phenoxy) is 1. The molecular formula is C15H28N2O. The molecule has 0 aromatic heterocycles. The number of nitrogens with two attached hydrogens (primary N) is 1. The summed E-state index contributed by atoms with van der Waals surface area (Å²) in [7, 11) is 0. The molecule has 3 unspecified atom stereocenters. The fourth-order valence-corrected chi connectivity index (χ4v) is 4.15. The SMILES string of the molecule is NCC(CC1CCCCC1)N1CC2CCC(C1)O2. The summed E-state index contributed by atoms with van der Waals surface area (Å²) >= 11 is 0. The molecule has 3 rings (SSSR count). The summed E-state index contributed by atoms with van der Waals surface area (Å²) in [4.78, 5) is 2.64. The van der Waals surface area contributed by atoms with E-state index < -0.39 is 0 Å². The average Bonchev–Trinajstić information content (AvgIpc) is 2.76. The van der Waals surface area contributed by atoms with Crippen LogP contribution in [0, 0.1) is 5.92 Å². The quantitative estimate of drug-likeness (QED) is 0.833. The minimum Gasteiger partial charge on any atom is -0.372 e. The molecular weight excluding hydrogens is 224 g/mol. The van der Waals surface area contributed by atoms with Crippen LogP contribution in [0.3, 0.4) is 0 Å². The van der Waals surface area contributed by atoms with E-state index in [0.29, 0.717) is 18.2 Å². The lowest BCUT2D eigenvalue weighted by Gasteiger charge is -2.39. The van der Waals surface area contributed by atoms with Gasteiger partial charge in [0.2, 0.25) is 0 Å². The maximum Gasteiger partial charge on any atom is 0.0707 e. The van der Waals surface area contributed by atoms with Crippen LogP contribution in [0.1, 0.15) is 51.4 Å². The van der Waals surface area contributed by atoms with Crippen LogP contribution in [0.25, 0.3) is 0 Å². The summed E-state index contributed by atoms with van der Waals surface area (Å²) in [5.74, 6) is 0.938. The van der Waals surface area contributed by atoms with Crippen molar-refractivity contribution in [3.63, 3.8) is 0 Å². The van der Waals surface area contributed by atoms with Gasteiger partial charge in [0.05, 0.1) is 12.2 Å². The highest BCUT2D eigenvalue weighted by Gasteiger charge is 2.36. The van der Waals surface area contributed by atoms with Gasteiger partial charge in [-0.3, -0.25) is 4.90 Å². The van der Waals surface area contributed by atoms with Crippen molar-refractivity contribution < 1.29 is 4.74 Å². The topological polar surface area (TPSA) is 38.5 Å². The number of fused-ring (bicyclic) bond motifs is 2. The first-order valence-electron chi connectivity index (χ1n) is 7.94. The van der Waals surface area contributed by atoms with Crippen molar-refractivity contribution >= 4 is 0 Å². The van der Waals surface area contributed by atoms with Crippen LogP contribution >= 0.6 is 0 Å². The molecule has 2 heterocycles. The van der Waals surface area contributed by atoms with Crippen LogP contribution in [0.2, 0.25) is 0 Å². The number of rotatable bonds is 4.